The van der Waals surface area contributed by atoms with E-state index in [-0.39, 0.29) is 5.25 Å². The standard InChI is InChI=1S/C20H20N2OS2/c1-12-4-7-17(23)19(9-12)25-20-15(11-21)14(18-3-2-8-24-18)10-16(22-20)13-5-6-13/h2-3,8,10,12-13,19H,4-7,9H2,1H3/t12-,19+/m0/s1. The summed E-state index contributed by atoms with van der Waals surface area (Å²) in [6, 6.07) is 8.53. The van der Waals surface area contributed by atoms with E-state index in [0.29, 0.717) is 29.6 Å². The van der Waals surface area contributed by atoms with Crippen LogP contribution >= 0.6 is 23.1 Å². The third-order valence-electron chi connectivity index (χ3n) is 5.01. The number of hydrogen-bond donors (Lipinski definition) is 0. The third kappa shape index (κ3) is 3.51. The lowest BCUT2D eigenvalue weighted by atomic mass is 9.90. The van der Waals surface area contributed by atoms with E-state index < -0.39 is 0 Å². The fourth-order valence-electron chi connectivity index (χ4n) is 3.36. The molecule has 2 aliphatic rings. The largest absolute Gasteiger partial charge is 0.298 e. The Morgan fingerprint density at radius 3 is 2.88 bits per heavy atom. The monoisotopic (exact) mass is 368 g/mol. The predicted molar refractivity (Wildman–Crippen MR) is 102 cm³/mol. The zero-order valence-electron chi connectivity index (χ0n) is 14.2. The van der Waals surface area contributed by atoms with Crippen molar-refractivity contribution in [3.8, 4) is 16.5 Å². The Kier molecular flexibility index (Phi) is 4.66. The molecule has 128 valence electrons. The molecule has 0 amide bonds. The maximum atomic E-state index is 12.4. The Morgan fingerprint density at radius 2 is 2.20 bits per heavy atom. The molecule has 2 aromatic rings. The smallest absolute Gasteiger partial charge is 0.146 e. The first-order valence-electron chi connectivity index (χ1n) is 8.84. The lowest BCUT2D eigenvalue weighted by Crippen LogP contribution is -2.26. The van der Waals surface area contributed by atoms with Gasteiger partial charge in [-0.1, -0.05) is 24.8 Å². The first kappa shape index (κ1) is 16.8. The van der Waals surface area contributed by atoms with Crippen molar-refractivity contribution < 1.29 is 4.79 Å². The minimum Gasteiger partial charge on any atom is -0.298 e. The van der Waals surface area contributed by atoms with Gasteiger partial charge in [0.25, 0.3) is 0 Å². The normalized spacial score (nSPS) is 23.4. The molecule has 4 rings (SSSR count). The van der Waals surface area contributed by atoms with Crippen molar-refractivity contribution in [1.29, 1.82) is 5.26 Å². The predicted octanol–water partition coefficient (Wildman–Crippen LogP) is 5.41. The van der Waals surface area contributed by atoms with Crippen LogP contribution in [0.15, 0.2) is 28.6 Å². The summed E-state index contributed by atoms with van der Waals surface area (Å²) in [7, 11) is 0. The van der Waals surface area contributed by atoms with Crippen LogP contribution in [0.5, 0.6) is 0 Å². The van der Waals surface area contributed by atoms with Crippen LogP contribution in [0.3, 0.4) is 0 Å². The number of hydrogen-bond acceptors (Lipinski definition) is 5. The Balaban J connectivity index is 1.75. The molecule has 0 saturated heterocycles. The number of nitriles is 1. The van der Waals surface area contributed by atoms with Crippen LogP contribution in [-0.4, -0.2) is 16.0 Å². The van der Waals surface area contributed by atoms with E-state index >= 15 is 0 Å². The van der Waals surface area contributed by atoms with Crippen LogP contribution in [-0.2, 0) is 4.79 Å². The highest BCUT2D eigenvalue weighted by molar-refractivity contribution is 8.00. The van der Waals surface area contributed by atoms with Crippen molar-refractivity contribution in [2.45, 2.75) is 55.2 Å². The zero-order valence-corrected chi connectivity index (χ0v) is 15.8. The lowest BCUT2D eigenvalue weighted by molar-refractivity contribution is -0.120. The number of carbonyl (C=O) groups is 1. The fourth-order valence-corrected chi connectivity index (χ4v) is 5.49. The molecule has 3 nitrogen and oxygen atoms in total. The number of thiophene rings is 1. The molecule has 2 saturated carbocycles. The van der Waals surface area contributed by atoms with Gasteiger partial charge in [-0.3, -0.25) is 4.79 Å². The number of pyridine rings is 1. The molecule has 25 heavy (non-hydrogen) atoms. The molecule has 0 spiro atoms. The topological polar surface area (TPSA) is 53.8 Å². The number of aromatic nitrogens is 1. The second-order valence-electron chi connectivity index (χ2n) is 7.09. The van der Waals surface area contributed by atoms with Crippen LogP contribution in [0.25, 0.3) is 10.4 Å². The molecule has 2 aliphatic carbocycles. The Labute approximate surface area is 156 Å². The Bertz CT molecular complexity index is 834. The molecule has 0 radical (unpaired) electrons. The molecular formula is C20H20N2OS2. The molecule has 0 N–H and O–H groups in total. The highest BCUT2D eigenvalue weighted by Crippen LogP contribution is 2.44. The number of carbonyl (C=O) groups excluding carboxylic acids is 1. The number of Topliss-reactive ketones (excluding diaryl/α,β-unsaturated/α-hetero) is 1. The van der Waals surface area contributed by atoms with Gasteiger partial charge in [0.2, 0.25) is 0 Å². The summed E-state index contributed by atoms with van der Waals surface area (Å²) in [6.45, 7) is 2.20. The summed E-state index contributed by atoms with van der Waals surface area (Å²) < 4.78 is 0. The van der Waals surface area contributed by atoms with Gasteiger partial charge in [-0.2, -0.15) is 5.26 Å². The maximum Gasteiger partial charge on any atom is 0.146 e. The van der Waals surface area contributed by atoms with Crippen molar-refractivity contribution in [2.75, 3.05) is 0 Å². The van der Waals surface area contributed by atoms with Gasteiger partial charge in [0.05, 0.1) is 10.8 Å². The zero-order chi connectivity index (χ0) is 17.4. The van der Waals surface area contributed by atoms with Gasteiger partial charge in [0, 0.05) is 28.5 Å². The minimum absolute atomic E-state index is 0.0611. The number of ketones is 1. The van der Waals surface area contributed by atoms with Crippen LogP contribution in [0, 0.1) is 17.2 Å². The Morgan fingerprint density at radius 1 is 1.36 bits per heavy atom. The summed E-state index contributed by atoms with van der Waals surface area (Å²) >= 11 is 3.17. The van der Waals surface area contributed by atoms with Gasteiger partial charge in [0.1, 0.15) is 16.9 Å². The van der Waals surface area contributed by atoms with E-state index in [1.165, 1.54) is 24.6 Å². The van der Waals surface area contributed by atoms with E-state index in [4.69, 9.17) is 4.98 Å². The van der Waals surface area contributed by atoms with E-state index in [1.807, 2.05) is 11.4 Å². The fraction of sp³-hybridized carbons (Fsp3) is 0.450. The van der Waals surface area contributed by atoms with Gasteiger partial charge in [-0.25, -0.2) is 4.98 Å². The van der Waals surface area contributed by atoms with Crippen molar-refractivity contribution in [3.05, 3.63) is 34.8 Å². The number of nitrogens with zero attached hydrogens (tertiary/aromatic N) is 2. The molecular weight excluding hydrogens is 348 g/mol. The average Bonchev–Trinajstić information content (AvgIpc) is 3.32. The number of rotatable bonds is 4. The first-order chi connectivity index (χ1) is 12.2. The molecule has 2 fully saturated rings. The SMILES string of the molecule is C[C@H]1CCC(=O)[C@H](Sc2nc(C3CC3)cc(-c3cccs3)c2C#N)C1. The average molecular weight is 369 g/mol. The van der Waals surface area contributed by atoms with Crippen molar-refractivity contribution >= 4 is 28.9 Å². The van der Waals surface area contributed by atoms with Crippen LogP contribution < -0.4 is 0 Å². The first-order valence-corrected chi connectivity index (χ1v) is 10.6. The molecule has 2 aromatic heterocycles. The van der Waals surface area contributed by atoms with Gasteiger partial charge in [0.15, 0.2) is 0 Å². The second kappa shape index (κ2) is 6.93. The molecule has 0 bridgehead atoms. The summed E-state index contributed by atoms with van der Waals surface area (Å²) in [4.78, 5) is 18.3. The quantitative estimate of drug-likeness (QED) is 0.724. The van der Waals surface area contributed by atoms with Gasteiger partial charge < -0.3 is 0 Å². The second-order valence-corrected chi connectivity index (χ2v) is 9.23. The molecule has 2 heterocycles. The summed E-state index contributed by atoms with van der Waals surface area (Å²) in [5, 5.41) is 12.5. The highest BCUT2D eigenvalue weighted by atomic mass is 32.2. The van der Waals surface area contributed by atoms with Crippen molar-refractivity contribution in [3.63, 3.8) is 0 Å². The lowest BCUT2D eigenvalue weighted by Gasteiger charge is -2.25. The Hall–Kier alpha value is -1.64. The van der Waals surface area contributed by atoms with Crippen molar-refractivity contribution in [1.82, 2.24) is 4.98 Å². The van der Waals surface area contributed by atoms with Crippen LogP contribution in [0.2, 0.25) is 0 Å². The molecule has 5 heteroatoms. The summed E-state index contributed by atoms with van der Waals surface area (Å²) in [5.74, 6) is 1.39. The summed E-state index contributed by atoms with van der Waals surface area (Å²) in [5.41, 5.74) is 2.69. The van der Waals surface area contributed by atoms with Gasteiger partial charge in [-0.15, -0.1) is 11.3 Å². The van der Waals surface area contributed by atoms with Crippen LogP contribution in [0.1, 0.15) is 56.2 Å². The van der Waals surface area contributed by atoms with E-state index in [1.54, 1.807) is 11.3 Å². The summed E-state index contributed by atoms with van der Waals surface area (Å²) in [6.07, 6.45) is 4.87. The minimum atomic E-state index is -0.0611. The molecule has 0 aliphatic heterocycles. The third-order valence-corrected chi connectivity index (χ3v) is 7.17. The van der Waals surface area contributed by atoms with E-state index in [0.717, 1.165) is 34.0 Å². The van der Waals surface area contributed by atoms with E-state index in [2.05, 4.69) is 25.1 Å². The van der Waals surface area contributed by atoms with E-state index in [9.17, 15) is 10.1 Å². The molecule has 0 aromatic carbocycles. The van der Waals surface area contributed by atoms with Crippen molar-refractivity contribution in [2.24, 2.45) is 5.92 Å². The van der Waals surface area contributed by atoms with Crippen LogP contribution in [0.4, 0.5) is 0 Å². The van der Waals surface area contributed by atoms with Gasteiger partial charge >= 0.3 is 0 Å². The highest BCUT2D eigenvalue weighted by Gasteiger charge is 2.31. The van der Waals surface area contributed by atoms with Gasteiger partial charge in [-0.05, 0) is 49.1 Å². The number of thioether (sulfide) groups is 1. The maximum absolute atomic E-state index is 12.4. The molecule has 2 atom stereocenters. The molecule has 0 unspecified atom stereocenters.